The van der Waals surface area contributed by atoms with Crippen molar-refractivity contribution in [3.8, 4) is 80.1 Å². The molecule has 0 unspecified atom stereocenters. The van der Waals surface area contributed by atoms with Crippen molar-refractivity contribution in [2.45, 2.75) is 0 Å². The smallest absolute Gasteiger partial charge is 0.409 e. The lowest BCUT2D eigenvalue weighted by molar-refractivity contribution is 0.376. The summed E-state index contributed by atoms with van der Waals surface area (Å²) in [7, 11) is -9.43. The van der Waals surface area contributed by atoms with Crippen molar-refractivity contribution in [1.82, 2.24) is 0 Å². The van der Waals surface area contributed by atoms with E-state index in [0.29, 0.717) is 57.1 Å². The molecule has 0 bridgehead atoms. The second-order valence-corrected chi connectivity index (χ2v) is 20.7. The van der Waals surface area contributed by atoms with Crippen LogP contribution in [0.3, 0.4) is 0 Å². The zero-order chi connectivity index (χ0) is 54.6. The lowest BCUT2D eigenvalue weighted by Gasteiger charge is -2.27. The van der Waals surface area contributed by atoms with Gasteiger partial charge in [-0.25, -0.2) is 0 Å². The molecule has 0 saturated heterocycles. The molecule has 0 radical (unpaired) electrons. The maximum atomic E-state index is 7.14. The summed E-state index contributed by atoms with van der Waals surface area (Å²) < 4.78 is 81.5. The zero-order valence-corrected chi connectivity index (χ0v) is 46.2. The standard InChI is InChI=1S/C64H50O12P4/c1-3-49-45-59(73-77(65-51-29-13-5-14-30-51)66-52-31-15-6-16-32-52)63(60(46-49)74-78(67-53-33-17-7-18-34-53)68-54-35-19-8-20-36-54)64-61(75-79(69-55-37-21-9-22-38-55)70-56-39-23-10-24-40-56)47-50(4-2)48-62(64)76-80(71-57-41-25-11-26-42-57)72-58-43-27-12-28-44-58/h3-48H,1-2H2. The van der Waals surface area contributed by atoms with Crippen molar-refractivity contribution >= 4 is 46.6 Å². The van der Waals surface area contributed by atoms with E-state index in [0.717, 1.165) is 0 Å². The number of rotatable bonds is 27. The maximum Gasteiger partial charge on any atom is 0.530 e. The first-order chi connectivity index (χ1) is 39.5. The van der Waals surface area contributed by atoms with Gasteiger partial charge < -0.3 is 54.3 Å². The Morgan fingerprint density at radius 3 is 0.500 bits per heavy atom. The molecule has 398 valence electrons. The van der Waals surface area contributed by atoms with Crippen LogP contribution in [0.5, 0.6) is 69.0 Å². The molecule has 0 saturated carbocycles. The molecule has 16 heteroatoms. The van der Waals surface area contributed by atoms with E-state index in [1.54, 1.807) is 36.4 Å². The third kappa shape index (κ3) is 15.6. The Kier molecular flexibility index (Phi) is 19.1. The first-order valence-electron chi connectivity index (χ1n) is 24.9. The fourth-order valence-corrected chi connectivity index (χ4v) is 11.3. The summed E-state index contributed by atoms with van der Waals surface area (Å²) in [5.41, 5.74) is 1.64. The van der Waals surface area contributed by atoms with Gasteiger partial charge in [0.1, 0.15) is 69.0 Å². The number of hydrogen-bond donors (Lipinski definition) is 0. The van der Waals surface area contributed by atoms with Crippen LogP contribution in [0.2, 0.25) is 0 Å². The van der Waals surface area contributed by atoms with Gasteiger partial charge in [0.15, 0.2) is 0 Å². The van der Waals surface area contributed by atoms with E-state index >= 15 is 0 Å². The van der Waals surface area contributed by atoms with Crippen molar-refractivity contribution in [1.29, 1.82) is 0 Å². The van der Waals surface area contributed by atoms with E-state index in [1.165, 1.54) is 0 Å². The van der Waals surface area contributed by atoms with Crippen molar-refractivity contribution in [3.63, 3.8) is 0 Å². The highest BCUT2D eigenvalue weighted by Gasteiger charge is 2.35. The van der Waals surface area contributed by atoms with Gasteiger partial charge >= 0.3 is 34.4 Å². The minimum atomic E-state index is -2.36. The second kappa shape index (κ2) is 28.1. The molecule has 80 heavy (non-hydrogen) atoms. The van der Waals surface area contributed by atoms with Gasteiger partial charge in [0.2, 0.25) is 0 Å². The quantitative estimate of drug-likeness (QED) is 0.0457. The summed E-state index contributed by atoms with van der Waals surface area (Å²) in [5, 5.41) is 0. The molecule has 10 rings (SSSR count). The molecule has 0 aliphatic carbocycles. The van der Waals surface area contributed by atoms with Crippen molar-refractivity contribution in [2.75, 3.05) is 0 Å². The molecule has 0 amide bonds. The van der Waals surface area contributed by atoms with Gasteiger partial charge in [0.05, 0.1) is 11.1 Å². The molecular formula is C64H50O12P4. The molecule has 10 aromatic carbocycles. The highest BCUT2D eigenvalue weighted by molar-refractivity contribution is 7.44. The van der Waals surface area contributed by atoms with Crippen LogP contribution < -0.4 is 54.3 Å². The van der Waals surface area contributed by atoms with Gasteiger partial charge in [-0.15, -0.1) is 0 Å². The number of para-hydroxylation sites is 8. The highest BCUT2D eigenvalue weighted by Crippen LogP contribution is 2.59. The minimum absolute atomic E-state index is 0.167. The Balaban J connectivity index is 1.22. The Morgan fingerprint density at radius 2 is 0.362 bits per heavy atom. The van der Waals surface area contributed by atoms with Crippen LogP contribution >= 0.6 is 34.4 Å². The van der Waals surface area contributed by atoms with Gasteiger partial charge in [-0.2, -0.15) is 0 Å². The van der Waals surface area contributed by atoms with Crippen LogP contribution in [0.25, 0.3) is 23.3 Å². The molecule has 0 N–H and O–H groups in total. The first kappa shape index (κ1) is 54.4. The average Bonchev–Trinajstić information content (AvgIpc) is 3.50. The van der Waals surface area contributed by atoms with Crippen LogP contribution in [0.15, 0.2) is 280 Å². The molecule has 0 fully saturated rings. The normalized spacial score (nSPS) is 10.8. The molecule has 12 nitrogen and oxygen atoms in total. The number of hydrogen-bond acceptors (Lipinski definition) is 12. The van der Waals surface area contributed by atoms with Gasteiger partial charge in [-0.1, -0.05) is 171 Å². The molecule has 0 aliphatic heterocycles. The predicted molar refractivity (Wildman–Crippen MR) is 319 cm³/mol. The predicted octanol–water partition coefficient (Wildman–Crippen LogP) is 19.7. The fourth-order valence-electron chi connectivity index (χ4n) is 7.32. The lowest BCUT2D eigenvalue weighted by Crippen LogP contribution is -2.09. The van der Waals surface area contributed by atoms with Crippen LogP contribution in [-0.2, 0) is 0 Å². The summed E-state index contributed by atoms with van der Waals surface area (Å²) in [4.78, 5) is 0. The molecule has 0 aromatic heterocycles. The molecule has 0 aliphatic rings. The van der Waals surface area contributed by atoms with Crippen LogP contribution in [0.4, 0.5) is 0 Å². The van der Waals surface area contributed by atoms with Gasteiger partial charge in [-0.3, -0.25) is 0 Å². The maximum absolute atomic E-state index is 7.14. The SMILES string of the molecule is C=Cc1cc(OP(Oc2ccccc2)Oc2ccccc2)c(-c2c(OP(Oc3ccccc3)Oc3ccccc3)cc(C=C)cc2OP(Oc2ccccc2)Oc2ccccc2)c(OP(Oc2ccccc2)Oc2ccccc2)c1. The van der Waals surface area contributed by atoms with Crippen LogP contribution in [-0.4, -0.2) is 0 Å². The Labute approximate surface area is 469 Å². The topological polar surface area (TPSA) is 111 Å². The molecule has 0 spiro atoms. The number of benzene rings is 10. The van der Waals surface area contributed by atoms with E-state index in [9.17, 15) is 0 Å². The molecule has 10 aromatic rings. The lowest BCUT2D eigenvalue weighted by atomic mass is 9.97. The molecule has 0 heterocycles. The summed E-state index contributed by atoms with van der Waals surface area (Å²) in [6.45, 7) is 8.39. The monoisotopic (exact) mass is 1130 g/mol. The Bertz CT molecular complexity index is 2890. The Hall–Kier alpha value is -9.00. The largest absolute Gasteiger partial charge is 0.530 e. The van der Waals surface area contributed by atoms with Gasteiger partial charge in [0.25, 0.3) is 0 Å². The van der Waals surface area contributed by atoms with E-state index in [4.69, 9.17) is 54.3 Å². The third-order valence-electron chi connectivity index (χ3n) is 11.0. The van der Waals surface area contributed by atoms with Crippen LogP contribution in [0.1, 0.15) is 11.1 Å². The Morgan fingerprint density at radius 1 is 0.212 bits per heavy atom. The minimum Gasteiger partial charge on any atom is -0.409 e. The van der Waals surface area contributed by atoms with E-state index in [2.05, 4.69) is 13.2 Å². The highest BCUT2D eigenvalue weighted by atomic mass is 31.2. The van der Waals surface area contributed by atoms with E-state index in [1.807, 2.05) is 243 Å². The molecular weight excluding hydrogens is 1080 g/mol. The van der Waals surface area contributed by atoms with Crippen molar-refractivity contribution in [2.24, 2.45) is 0 Å². The summed E-state index contributed by atoms with van der Waals surface area (Å²) in [5.74, 6) is 4.52. The van der Waals surface area contributed by atoms with E-state index in [-0.39, 0.29) is 34.1 Å². The van der Waals surface area contributed by atoms with Crippen molar-refractivity contribution in [3.05, 3.63) is 291 Å². The van der Waals surface area contributed by atoms with Crippen molar-refractivity contribution < 1.29 is 54.3 Å². The zero-order valence-electron chi connectivity index (χ0n) is 42.7. The summed E-state index contributed by atoms with van der Waals surface area (Å²) in [6, 6.07) is 81.0. The first-order valence-corrected chi connectivity index (χ1v) is 29.3. The van der Waals surface area contributed by atoms with E-state index < -0.39 is 34.4 Å². The second-order valence-electron chi connectivity index (χ2n) is 16.7. The third-order valence-corrected chi connectivity index (χ3v) is 15.2. The summed E-state index contributed by atoms with van der Waals surface area (Å²) in [6.07, 6.45) is 3.33. The molecule has 0 atom stereocenters. The van der Waals surface area contributed by atoms with Gasteiger partial charge in [0, 0.05) is 0 Å². The summed E-state index contributed by atoms with van der Waals surface area (Å²) >= 11 is 0. The fraction of sp³-hybridized carbons (Fsp3) is 0. The van der Waals surface area contributed by atoms with Gasteiger partial charge in [-0.05, 0) is 132 Å². The average molecular weight is 1130 g/mol. The van der Waals surface area contributed by atoms with Crippen LogP contribution in [0, 0.1) is 0 Å².